The summed E-state index contributed by atoms with van der Waals surface area (Å²) in [6, 6.07) is 6.68. The lowest BCUT2D eigenvalue weighted by Gasteiger charge is -2.36. The molecule has 0 amide bonds. The summed E-state index contributed by atoms with van der Waals surface area (Å²) in [7, 11) is 0. The molecule has 1 fully saturated rings. The van der Waals surface area contributed by atoms with E-state index in [1.807, 2.05) is 12.3 Å². The number of hydrogen-bond donors (Lipinski definition) is 1. The van der Waals surface area contributed by atoms with Crippen molar-refractivity contribution in [1.29, 1.82) is 0 Å². The summed E-state index contributed by atoms with van der Waals surface area (Å²) in [6.45, 7) is 9.27. The minimum Gasteiger partial charge on any atom is -0.308 e. The lowest BCUT2D eigenvalue weighted by atomic mass is 9.91. The van der Waals surface area contributed by atoms with Crippen LogP contribution in [-0.2, 0) is 6.54 Å². The zero-order valence-electron chi connectivity index (χ0n) is 12.3. The first kappa shape index (κ1) is 14.5. The van der Waals surface area contributed by atoms with E-state index in [0.717, 1.165) is 18.2 Å². The smallest absolute Gasteiger partial charge is 0.0541 e. The molecule has 1 saturated heterocycles. The summed E-state index contributed by atoms with van der Waals surface area (Å²) in [4.78, 5) is 6.99. The number of rotatable bonds is 6. The summed E-state index contributed by atoms with van der Waals surface area (Å²) >= 11 is 0. The number of hydrogen-bond acceptors (Lipinski definition) is 3. The first-order valence-electron chi connectivity index (χ1n) is 7.65. The maximum Gasteiger partial charge on any atom is 0.0541 e. The lowest BCUT2D eigenvalue weighted by molar-refractivity contribution is 0.150. The van der Waals surface area contributed by atoms with Crippen molar-refractivity contribution in [2.75, 3.05) is 19.6 Å². The molecule has 0 spiro atoms. The maximum atomic E-state index is 4.37. The Labute approximate surface area is 117 Å². The highest BCUT2D eigenvalue weighted by Gasteiger charge is 2.23. The molecule has 0 aliphatic carbocycles. The van der Waals surface area contributed by atoms with E-state index in [1.165, 1.54) is 38.9 Å². The van der Waals surface area contributed by atoms with Gasteiger partial charge >= 0.3 is 0 Å². The molecule has 1 aliphatic heterocycles. The van der Waals surface area contributed by atoms with Gasteiger partial charge in [0.05, 0.1) is 5.69 Å². The third kappa shape index (κ3) is 4.59. The van der Waals surface area contributed by atoms with Gasteiger partial charge in [-0.15, -0.1) is 0 Å². The quantitative estimate of drug-likeness (QED) is 0.853. The molecule has 2 atom stereocenters. The van der Waals surface area contributed by atoms with Gasteiger partial charge in [0.2, 0.25) is 0 Å². The Balaban J connectivity index is 1.77. The minimum atomic E-state index is 0.571. The second-order valence-electron chi connectivity index (χ2n) is 5.69. The molecule has 0 aromatic carbocycles. The molecule has 3 nitrogen and oxygen atoms in total. The van der Waals surface area contributed by atoms with E-state index in [4.69, 9.17) is 0 Å². The van der Waals surface area contributed by atoms with Crippen LogP contribution in [0.3, 0.4) is 0 Å². The van der Waals surface area contributed by atoms with E-state index in [1.54, 1.807) is 0 Å². The van der Waals surface area contributed by atoms with E-state index in [-0.39, 0.29) is 0 Å². The van der Waals surface area contributed by atoms with Crippen LogP contribution < -0.4 is 5.32 Å². The standard InChI is InChI=1S/C16H27N3/c1-3-10-19-11-6-7-15(13-19)14(2)18-12-16-8-4-5-9-17-16/h4-5,8-9,14-15,18H,3,6-7,10-13H2,1-2H3. The molecule has 2 rings (SSSR count). The summed E-state index contributed by atoms with van der Waals surface area (Å²) in [5.74, 6) is 0.781. The molecular formula is C16H27N3. The van der Waals surface area contributed by atoms with E-state index in [0.29, 0.717) is 6.04 Å². The van der Waals surface area contributed by atoms with Crippen molar-refractivity contribution in [3.8, 4) is 0 Å². The van der Waals surface area contributed by atoms with Crippen LogP contribution in [0, 0.1) is 5.92 Å². The van der Waals surface area contributed by atoms with Crippen LogP contribution >= 0.6 is 0 Å². The average Bonchev–Trinajstić information content (AvgIpc) is 2.46. The molecule has 19 heavy (non-hydrogen) atoms. The van der Waals surface area contributed by atoms with Gasteiger partial charge in [-0.3, -0.25) is 4.98 Å². The molecule has 106 valence electrons. The molecular weight excluding hydrogens is 234 g/mol. The molecule has 0 bridgehead atoms. The SMILES string of the molecule is CCCN1CCCC(C(C)NCc2ccccn2)C1. The summed E-state index contributed by atoms with van der Waals surface area (Å²) in [5.41, 5.74) is 1.13. The van der Waals surface area contributed by atoms with Gasteiger partial charge in [0.15, 0.2) is 0 Å². The largest absolute Gasteiger partial charge is 0.308 e. The van der Waals surface area contributed by atoms with Gasteiger partial charge in [0.25, 0.3) is 0 Å². The van der Waals surface area contributed by atoms with Crippen molar-refractivity contribution >= 4 is 0 Å². The van der Waals surface area contributed by atoms with Crippen LogP contribution in [-0.4, -0.2) is 35.6 Å². The molecule has 2 heterocycles. The Morgan fingerprint density at radius 2 is 2.37 bits per heavy atom. The van der Waals surface area contributed by atoms with Crippen molar-refractivity contribution < 1.29 is 0 Å². The zero-order valence-corrected chi connectivity index (χ0v) is 12.3. The molecule has 1 aromatic rings. The summed E-state index contributed by atoms with van der Waals surface area (Å²) in [5, 5.41) is 3.64. The van der Waals surface area contributed by atoms with Crippen molar-refractivity contribution in [1.82, 2.24) is 15.2 Å². The maximum absolute atomic E-state index is 4.37. The van der Waals surface area contributed by atoms with Crippen molar-refractivity contribution in [3.63, 3.8) is 0 Å². The highest BCUT2D eigenvalue weighted by molar-refractivity contribution is 5.03. The van der Waals surface area contributed by atoms with E-state index in [9.17, 15) is 0 Å². The predicted molar refractivity (Wildman–Crippen MR) is 80.0 cm³/mol. The highest BCUT2D eigenvalue weighted by Crippen LogP contribution is 2.20. The third-order valence-electron chi connectivity index (χ3n) is 4.12. The van der Waals surface area contributed by atoms with Crippen molar-refractivity contribution in [2.45, 2.75) is 45.7 Å². The fraction of sp³-hybridized carbons (Fsp3) is 0.688. The zero-order chi connectivity index (χ0) is 13.5. The lowest BCUT2D eigenvalue weighted by Crippen LogP contribution is -2.44. The fourth-order valence-electron chi connectivity index (χ4n) is 2.95. The van der Waals surface area contributed by atoms with Gasteiger partial charge in [0, 0.05) is 25.3 Å². The molecule has 1 aliphatic rings. The number of nitrogens with zero attached hydrogens (tertiary/aromatic N) is 2. The van der Waals surface area contributed by atoms with Crippen LogP contribution in [0.25, 0.3) is 0 Å². The number of nitrogens with one attached hydrogen (secondary N) is 1. The number of likely N-dealkylation sites (tertiary alicyclic amines) is 1. The van der Waals surface area contributed by atoms with Gasteiger partial charge in [-0.2, -0.15) is 0 Å². The Morgan fingerprint density at radius 1 is 1.47 bits per heavy atom. The van der Waals surface area contributed by atoms with Crippen molar-refractivity contribution in [2.24, 2.45) is 5.92 Å². The molecule has 1 N–H and O–H groups in total. The first-order chi connectivity index (χ1) is 9.29. The monoisotopic (exact) mass is 261 g/mol. The summed E-state index contributed by atoms with van der Waals surface area (Å²) in [6.07, 6.45) is 5.84. The van der Waals surface area contributed by atoms with Gasteiger partial charge in [-0.05, 0) is 57.3 Å². The molecule has 3 heteroatoms. The van der Waals surface area contributed by atoms with Gasteiger partial charge in [-0.1, -0.05) is 13.0 Å². The fourth-order valence-corrected chi connectivity index (χ4v) is 2.95. The predicted octanol–water partition coefficient (Wildman–Crippen LogP) is 2.68. The van der Waals surface area contributed by atoms with Gasteiger partial charge in [-0.25, -0.2) is 0 Å². The normalized spacial score (nSPS) is 22.3. The molecule has 0 saturated carbocycles. The van der Waals surface area contributed by atoms with Crippen LogP contribution in [0.2, 0.25) is 0 Å². The second kappa shape index (κ2) is 7.61. The van der Waals surface area contributed by atoms with E-state index in [2.05, 4.69) is 41.2 Å². The van der Waals surface area contributed by atoms with E-state index < -0.39 is 0 Å². The Morgan fingerprint density at radius 3 is 3.11 bits per heavy atom. The Kier molecular flexibility index (Phi) is 5.80. The third-order valence-corrected chi connectivity index (χ3v) is 4.12. The molecule has 1 aromatic heterocycles. The number of pyridine rings is 1. The van der Waals surface area contributed by atoms with Crippen LogP contribution in [0.5, 0.6) is 0 Å². The topological polar surface area (TPSA) is 28.2 Å². The number of aromatic nitrogens is 1. The summed E-state index contributed by atoms with van der Waals surface area (Å²) < 4.78 is 0. The second-order valence-corrected chi connectivity index (χ2v) is 5.69. The highest BCUT2D eigenvalue weighted by atomic mass is 15.1. The minimum absolute atomic E-state index is 0.571. The Bertz CT molecular complexity index is 350. The van der Waals surface area contributed by atoms with E-state index >= 15 is 0 Å². The van der Waals surface area contributed by atoms with Crippen LogP contribution in [0.15, 0.2) is 24.4 Å². The van der Waals surface area contributed by atoms with Crippen molar-refractivity contribution in [3.05, 3.63) is 30.1 Å². The average molecular weight is 261 g/mol. The molecule has 2 unspecified atom stereocenters. The van der Waals surface area contributed by atoms with Gasteiger partial charge < -0.3 is 10.2 Å². The number of piperidine rings is 1. The van der Waals surface area contributed by atoms with Crippen LogP contribution in [0.4, 0.5) is 0 Å². The van der Waals surface area contributed by atoms with Crippen LogP contribution in [0.1, 0.15) is 38.8 Å². The Hall–Kier alpha value is -0.930. The van der Waals surface area contributed by atoms with Gasteiger partial charge in [0.1, 0.15) is 0 Å². The molecule has 0 radical (unpaired) electrons. The first-order valence-corrected chi connectivity index (χ1v) is 7.65.